The van der Waals surface area contributed by atoms with Crippen molar-refractivity contribution >= 4 is 5.91 Å². The Morgan fingerprint density at radius 2 is 2.07 bits per heavy atom. The molecular formula is C12H24N2O. The molecule has 0 aromatic heterocycles. The highest BCUT2D eigenvalue weighted by molar-refractivity contribution is 5.79. The van der Waals surface area contributed by atoms with Crippen LogP contribution in [0.2, 0.25) is 0 Å². The van der Waals surface area contributed by atoms with Crippen LogP contribution < -0.4 is 5.73 Å². The molecule has 1 aliphatic rings. The summed E-state index contributed by atoms with van der Waals surface area (Å²) in [5.74, 6) is 0.334. The van der Waals surface area contributed by atoms with Crippen molar-refractivity contribution in [2.24, 2.45) is 17.1 Å². The lowest BCUT2D eigenvalue weighted by molar-refractivity contribution is -0.139. The van der Waals surface area contributed by atoms with Crippen LogP contribution in [0, 0.1) is 11.3 Å². The number of hydrogen-bond acceptors (Lipinski definition) is 2. The predicted molar refractivity (Wildman–Crippen MR) is 62.4 cm³/mol. The van der Waals surface area contributed by atoms with Crippen molar-refractivity contribution in [1.82, 2.24) is 4.90 Å². The van der Waals surface area contributed by atoms with E-state index in [1.54, 1.807) is 0 Å². The van der Waals surface area contributed by atoms with Crippen LogP contribution in [-0.4, -0.2) is 29.9 Å². The molecule has 2 atom stereocenters. The number of nitrogens with zero attached hydrogens (tertiary/aromatic N) is 1. The molecule has 0 aromatic carbocycles. The first-order valence-electron chi connectivity index (χ1n) is 5.86. The number of amides is 1. The number of carbonyl (C=O) groups is 1. The van der Waals surface area contributed by atoms with Crippen LogP contribution in [0.1, 0.15) is 40.5 Å². The fourth-order valence-electron chi connectivity index (χ4n) is 1.85. The van der Waals surface area contributed by atoms with Gasteiger partial charge in [-0.25, -0.2) is 0 Å². The third kappa shape index (κ3) is 3.20. The largest absolute Gasteiger partial charge is 0.341 e. The van der Waals surface area contributed by atoms with Gasteiger partial charge >= 0.3 is 0 Å². The second-order valence-electron chi connectivity index (χ2n) is 5.77. The summed E-state index contributed by atoms with van der Waals surface area (Å²) in [6.45, 7) is 9.97. The Kier molecular flexibility index (Phi) is 3.77. The van der Waals surface area contributed by atoms with Gasteiger partial charge in [0.15, 0.2) is 0 Å². The lowest BCUT2D eigenvalue weighted by Gasteiger charge is -2.36. The summed E-state index contributed by atoms with van der Waals surface area (Å²) >= 11 is 0. The summed E-state index contributed by atoms with van der Waals surface area (Å²) in [5.41, 5.74) is 5.92. The minimum Gasteiger partial charge on any atom is -0.341 e. The van der Waals surface area contributed by atoms with E-state index in [1.165, 1.54) is 0 Å². The molecule has 15 heavy (non-hydrogen) atoms. The van der Waals surface area contributed by atoms with Crippen LogP contribution in [-0.2, 0) is 4.79 Å². The fraction of sp³-hybridized carbons (Fsp3) is 0.917. The van der Waals surface area contributed by atoms with E-state index in [9.17, 15) is 4.79 Å². The molecular weight excluding hydrogens is 188 g/mol. The monoisotopic (exact) mass is 212 g/mol. The molecule has 3 heteroatoms. The highest BCUT2D eigenvalue weighted by Gasteiger charge is 2.31. The molecule has 0 aliphatic carbocycles. The van der Waals surface area contributed by atoms with Gasteiger partial charge in [-0.15, -0.1) is 0 Å². The van der Waals surface area contributed by atoms with E-state index in [4.69, 9.17) is 5.73 Å². The molecule has 0 radical (unpaired) electrons. The third-order valence-electron chi connectivity index (χ3n) is 3.44. The van der Waals surface area contributed by atoms with Crippen LogP contribution in [0.5, 0.6) is 0 Å². The van der Waals surface area contributed by atoms with Crippen LogP contribution in [0.3, 0.4) is 0 Å². The molecule has 1 fully saturated rings. The van der Waals surface area contributed by atoms with Gasteiger partial charge in [-0.1, -0.05) is 27.7 Å². The first kappa shape index (κ1) is 12.5. The first-order chi connectivity index (χ1) is 6.82. The van der Waals surface area contributed by atoms with Crippen molar-refractivity contribution in [2.75, 3.05) is 13.1 Å². The molecule has 0 saturated carbocycles. The number of carbonyl (C=O) groups excluding carboxylic acids is 1. The molecule has 1 aliphatic heterocycles. The summed E-state index contributed by atoms with van der Waals surface area (Å²) in [6.07, 6.45) is 2.09. The minimum atomic E-state index is 0.0403. The van der Waals surface area contributed by atoms with Crippen molar-refractivity contribution in [1.29, 1.82) is 0 Å². The van der Waals surface area contributed by atoms with Crippen molar-refractivity contribution in [3.63, 3.8) is 0 Å². The lowest BCUT2D eigenvalue weighted by Crippen LogP contribution is -2.49. The molecule has 88 valence electrons. The smallest absolute Gasteiger partial charge is 0.225 e. The standard InChI is InChI=1S/C12H24N2O/c1-9(12(2,3)4)11(15)14-7-5-6-10(13)8-14/h9-10H,5-8,13H2,1-4H3/t9?,10-/m1/s1. The van der Waals surface area contributed by atoms with E-state index < -0.39 is 0 Å². The SMILES string of the molecule is CC(C(=O)N1CCC[C@@H](N)C1)C(C)(C)C. The number of piperidine rings is 1. The molecule has 3 nitrogen and oxygen atoms in total. The highest BCUT2D eigenvalue weighted by atomic mass is 16.2. The molecule has 0 aromatic rings. The van der Waals surface area contributed by atoms with E-state index in [2.05, 4.69) is 20.8 Å². The van der Waals surface area contributed by atoms with Gasteiger partial charge in [-0.05, 0) is 18.3 Å². The highest BCUT2D eigenvalue weighted by Crippen LogP contribution is 2.27. The fourth-order valence-corrected chi connectivity index (χ4v) is 1.85. The topological polar surface area (TPSA) is 46.3 Å². The maximum Gasteiger partial charge on any atom is 0.225 e. The number of nitrogens with two attached hydrogens (primary N) is 1. The Balaban J connectivity index is 2.60. The van der Waals surface area contributed by atoms with Crippen molar-refractivity contribution in [3.8, 4) is 0 Å². The van der Waals surface area contributed by atoms with E-state index in [-0.39, 0.29) is 23.3 Å². The Bertz CT molecular complexity index is 232. The zero-order valence-electron chi connectivity index (χ0n) is 10.4. The zero-order chi connectivity index (χ0) is 11.6. The van der Waals surface area contributed by atoms with Gasteiger partial charge < -0.3 is 10.6 Å². The minimum absolute atomic E-state index is 0.0403. The number of rotatable bonds is 1. The molecule has 1 heterocycles. The van der Waals surface area contributed by atoms with Gasteiger partial charge in [-0.3, -0.25) is 4.79 Å². The summed E-state index contributed by atoms with van der Waals surface area (Å²) in [5, 5.41) is 0. The predicted octanol–water partition coefficient (Wildman–Crippen LogP) is 1.62. The van der Waals surface area contributed by atoms with Gasteiger partial charge in [0.25, 0.3) is 0 Å². The molecule has 0 bridgehead atoms. The number of likely N-dealkylation sites (tertiary alicyclic amines) is 1. The molecule has 1 saturated heterocycles. The average molecular weight is 212 g/mol. The van der Waals surface area contributed by atoms with E-state index >= 15 is 0 Å². The van der Waals surface area contributed by atoms with Crippen molar-refractivity contribution < 1.29 is 4.79 Å². The third-order valence-corrected chi connectivity index (χ3v) is 3.44. The molecule has 0 spiro atoms. The second kappa shape index (κ2) is 4.52. The van der Waals surface area contributed by atoms with Crippen molar-refractivity contribution in [3.05, 3.63) is 0 Å². The second-order valence-corrected chi connectivity index (χ2v) is 5.77. The maximum atomic E-state index is 12.2. The van der Waals surface area contributed by atoms with E-state index in [0.717, 1.165) is 25.9 Å². The van der Waals surface area contributed by atoms with E-state index in [1.807, 2.05) is 11.8 Å². The summed E-state index contributed by atoms with van der Waals surface area (Å²) in [6, 6.07) is 0.176. The van der Waals surface area contributed by atoms with Crippen LogP contribution in [0.15, 0.2) is 0 Å². The Morgan fingerprint density at radius 1 is 1.47 bits per heavy atom. The molecule has 1 unspecified atom stereocenters. The Hall–Kier alpha value is -0.570. The van der Waals surface area contributed by atoms with Gasteiger partial charge in [-0.2, -0.15) is 0 Å². The van der Waals surface area contributed by atoms with E-state index in [0.29, 0.717) is 0 Å². The molecule has 1 rings (SSSR count). The van der Waals surface area contributed by atoms with Crippen LogP contribution in [0.25, 0.3) is 0 Å². The van der Waals surface area contributed by atoms with Gasteiger partial charge in [0, 0.05) is 25.0 Å². The maximum absolute atomic E-state index is 12.2. The first-order valence-corrected chi connectivity index (χ1v) is 5.86. The Labute approximate surface area is 93.0 Å². The quantitative estimate of drug-likeness (QED) is 0.718. The van der Waals surface area contributed by atoms with Gasteiger partial charge in [0.2, 0.25) is 5.91 Å². The zero-order valence-corrected chi connectivity index (χ0v) is 10.4. The number of hydrogen-bond donors (Lipinski definition) is 1. The van der Waals surface area contributed by atoms with Crippen molar-refractivity contribution in [2.45, 2.75) is 46.6 Å². The summed E-state index contributed by atoms with van der Waals surface area (Å²) in [4.78, 5) is 14.1. The molecule has 2 N–H and O–H groups in total. The van der Waals surface area contributed by atoms with Gasteiger partial charge in [0.05, 0.1) is 0 Å². The Morgan fingerprint density at radius 3 is 2.53 bits per heavy atom. The van der Waals surface area contributed by atoms with Crippen LogP contribution in [0.4, 0.5) is 0 Å². The van der Waals surface area contributed by atoms with Crippen LogP contribution >= 0.6 is 0 Å². The molecule has 1 amide bonds. The lowest BCUT2D eigenvalue weighted by atomic mass is 9.81. The summed E-state index contributed by atoms with van der Waals surface area (Å²) < 4.78 is 0. The van der Waals surface area contributed by atoms with Gasteiger partial charge in [0.1, 0.15) is 0 Å². The average Bonchev–Trinajstić information content (AvgIpc) is 2.14. The normalized spacial score (nSPS) is 25.1. The summed E-state index contributed by atoms with van der Waals surface area (Å²) in [7, 11) is 0.